The standard InChI is InChI=1S/C17H19NO2/c19-16(11-15-12-20-9-8-18-15)10-14-6-3-5-13-4-1-2-7-17(13)14/h1-7,15,18H,8-12H2. The summed E-state index contributed by atoms with van der Waals surface area (Å²) >= 11 is 0. The summed E-state index contributed by atoms with van der Waals surface area (Å²) in [4.78, 5) is 12.2. The van der Waals surface area contributed by atoms with Gasteiger partial charge in [-0.15, -0.1) is 0 Å². The molecule has 20 heavy (non-hydrogen) atoms. The van der Waals surface area contributed by atoms with Gasteiger partial charge in [-0.05, 0) is 16.3 Å². The number of carbonyl (C=O) groups is 1. The number of nitrogens with one attached hydrogen (secondary N) is 1. The fraction of sp³-hybridized carbons (Fsp3) is 0.353. The maximum absolute atomic E-state index is 12.2. The summed E-state index contributed by atoms with van der Waals surface area (Å²) in [6, 6.07) is 14.5. The third-order valence-corrected chi connectivity index (χ3v) is 3.74. The zero-order valence-corrected chi connectivity index (χ0v) is 11.5. The molecule has 1 N–H and O–H groups in total. The first-order chi connectivity index (χ1) is 9.83. The molecule has 1 atom stereocenters. The molecule has 1 aliphatic rings. The highest BCUT2D eigenvalue weighted by Gasteiger charge is 2.17. The van der Waals surface area contributed by atoms with E-state index in [9.17, 15) is 4.79 Å². The molecule has 0 aromatic heterocycles. The number of benzene rings is 2. The molecule has 0 spiro atoms. The van der Waals surface area contributed by atoms with Crippen molar-refractivity contribution in [2.24, 2.45) is 0 Å². The lowest BCUT2D eigenvalue weighted by Crippen LogP contribution is -2.42. The van der Waals surface area contributed by atoms with Gasteiger partial charge in [-0.3, -0.25) is 4.79 Å². The number of fused-ring (bicyclic) bond motifs is 1. The van der Waals surface area contributed by atoms with E-state index in [0.717, 1.165) is 18.7 Å². The Bertz CT molecular complexity index is 597. The number of rotatable bonds is 4. The van der Waals surface area contributed by atoms with Crippen LogP contribution in [0.3, 0.4) is 0 Å². The summed E-state index contributed by atoms with van der Waals surface area (Å²) in [5.74, 6) is 0.268. The molecule has 1 unspecified atom stereocenters. The molecule has 3 heteroatoms. The highest BCUT2D eigenvalue weighted by Crippen LogP contribution is 2.19. The lowest BCUT2D eigenvalue weighted by Gasteiger charge is -2.23. The van der Waals surface area contributed by atoms with Gasteiger partial charge in [0.15, 0.2) is 0 Å². The zero-order valence-electron chi connectivity index (χ0n) is 11.5. The molecule has 1 saturated heterocycles. The number of ether oxygens (including phenoxy) is 1. The molecular weight excluding hydrogens is 250 g/mol. The van der Waals surface area contributed by atoms with Crippen LogP contribution in [-0.4, -0.2) is 31.6 Å². The monoisotopic (exact) mass is 269 g/mol. The lowest BCUT2D eigenvalue weighted by molar-refractivity contribution is -0.119. The molecule has 1 heterocycles. The van der Waals surface area contributed by atoms with Crippen LogP contribution in [0, 0.1) is 0 Å². The topological polar surface area (TPSA) is 38.3 Å². The van der Waals surface area contributed by atoms with Crippen molar-refractivity contribution in [2.75, 3.05) is 19.8 Å². The van der Waals surface area contributed by atoms with Gasteiger partial charge in [-0.1, -0.05) is 42.5 Å². The van der Waals surface area contributed by atoms with E-state index < -0.39 is 0 Å². The van der Waals surface area contributed by atoms with Crippen molar-refractivity contribution in [3.63, 3.8) is 0 Å². The molecule has 2 aromatic rings. The first kappa shape index (κ1) is 13.3. The molecule has 3 nitrogen and oxygen atoms in total. The van der Waals surface area contributed by atoms with Crippen LogP contribution in [0.15, 0.2) is 42.5 Å². The number of carbonyl (C=O) groups excluding carboxylic acids is 1. The Morgan fingerprint density at radius 1 is 1.20 bits per heavy atom. The van der Waals surface area contributed by atoms with Gasteiger partial charge in [0.05, 0.1) is 13.2 Å². The van der Waals surface area contributed by atoms with Gasteiger partial charge in [0.25, 0.3) is 0 Å². The predicted octanol–water partition coefficient (Wildman–Crippen LogP) is 2.33. The van der Waals surface area contributed by atoms with Crippen LogP contribution in [-0.2, 0) is 16.0 Å². The van der Waals surface area contributed by atoms with Crippen LogP contribution >= 0.6 is 0 Å². The smallest absolute Gasteiger partial charge is 0.138 e. The van der Waals surface area contributed by atoms with Crippen LogP contribution in [0.5, 0.6) is 0 Å². The number of ketones is 1. The third kappa shape index (κ3) is 3.06. The van der Waals surface area contributed by atoms with E-state index in [1.54, 1.807) is 0 Å². The molecule has 0 aliphatic carbocycles. The number of hydrogen-bond donors (Lipinski definition) is 1. The molecule has 1 aliphatic heterocycles. The number of hydrogen-bond acceptors (Lipinski definition) is 3. The van der Waals surface area contributed by atoms with Gasteiger partial charge >= 0.3 is 0 Å². The van der Waals surface area contributed by atoms with E-state index in [2.05, 4.69) is 23.5 Å². The second kappa shape index (κ2) is 6.16. The number of Topliss-reactive ketones (excluding diaryl/α,β-unsaturated/α-hetero) is 1. The van der Waals surface area contributed by atoms with Gasteiger partial charge in [-0.2, -0.15) is 0 Å². The van der Waals surface area contributed by atoms with Gasteiger partial charge in [0, 0.05) is 25.4 Å². The predicted molar refractivity (Wildman–Crippen MR) is 79.9 cm³/mol. The zero-order chi connectivity index (χ0) is 13.8. The van der Waals surface area contributed by atoms with Crippen molar-refractivity contribution in [1.82, 2.24) is 5.32 Å². The Hall–Kier alpha value is -1.71. The van der Waals surface area contributed by atoms with Gasteiger partial charge in [0.1, 0.15) is 5.78 Å². The van der Waals surface area contributed by atoms with Crippen LogP contribution in [0.1, 0.15) is 12.0 Å². The summed E-state index contributed by atoms with van der Waals surface area (Å²) in [7, 11) is 0. The second-order valence-corrected chi connectivity index (χ2v) is 5.28. The first-order valence-corrected chi connectivity index (χ1v) is 7.12. The average Bonchev–Trinajstić information content (AvgIpc) is 2.48. The van der Waals surface area contributed by atoms with Crippen molar-refractivity contribution >= 4 is 16.6 Å². The van der Waals surface area contributed by atoms with Crippen molar-refractivity contribution in [3.8, 4) is 0 Å². The van der Waals surface area contributed by atoms with Crippen LogP contribution < -0.4 is 5.32 Å². The first-order valence-electron chi connectivity index (χ1n) is 7.12. The maximum atomic E-state index is 12.2. The van der Waals surface area contributed by atoms with Crippen LogP contribution in [0.2, 0.25) is 0 Å². The summed E-state index contributed by atoms with van der Waals surface area (Å²) < 4.78 is 5.39. The summed E-state index contributed by atoms with van der Waals surface area (Å²) in [6.07, 6.45) is 1.04. The molecule has 1 fully saturated rings. The van der Waals surface area contributed by atoms with E-state index >= 15 is 0 Å². The minimum Gasteiger partial charge on any atom is -0.379 e. The lowest BCUT2D eigenvalue weighted by atomic mass is 9.98. The third-order valence-electron chi connectivity index (χ3n) is 3.74. The average molecular weight is 269 g/mol. The largest absolute Gasteiger partial charge is 0.379 e. The highest BCUT2D eigenvalue weighted by molar-refractivity contribution is 5.91. The molecular formula is C17H19NO2. The molecule has 0 amide bonds. The Balaban J connectivity index is 1.71. The Morgan fingerprint density at radius 2 is 2.05 bits per heavy atom. The van der Waals surface area contributed by atoms with E-state index in [4.69, 9.17) is 4.74 Å². The summed E-state index contributed by atoms with van der Waals surface area (Å²) in [5, 5.41) is 5.70. The summed E-state index contributed by atoms with van der Waals surface area (Å²) in [6.45, 7) is 2.22. The Labute approximate surface area is 118 Å². The minimum atomic E-state index is 0.172. The molecule has 0 bridgehead atoms. The molecule has 2 aromatic carbocycles. The molecule has 104 valence electrons. The van der Waals surface area contributed by atoms with Crippen molar-refractivity contribution in [2.45, 2.75) is 18.9 Å². The molecule has 0 radical (unpaired) electrons. The van der Waals surface area contributed by atoms with Crippen molar-refractivity contribution in [1.29, 1.82) is 0 Å². The Morgan fingerprint density at radius 3 is 2.90 bits per heavy atom. The van der Waals surface area contributed by atoms with Gasteiger partial charge < -0.3 is 10.1 Å². The van der Waals surface area contributed by atoms with Crippen molar-refractivity contribution < 1.29 is 9.53 Å². The second-order valence-electron chi connectivity index (χ2n) is 5.28. The highest BCUT2D eigenvalue weighted by atomic mass is 16.5. The fourth-order valence-corrected chi connectivity index (χ4v) is 2.76. The van der Waals surface area contributed by atoms with Gasteiger partial charge in [-0.25, -0.2) is 0 Å². The van der Waals surface area contributed by atoms with Crippen molar-refractivity contribution in [3.05, 3.63) is 48.0 Å². The number of morpholine rings is 1. The van der Waals surface area contributed by atoms with Crippen LogP contribution in [0.25, 0.3) is 10.8 Å². The normalized spacial score (nSPS) is 19.1. The van der Waals surface area contributed by atoms with E-state index in [1.807, 2.05) is 24.3 Å². The SMILES string of the molecule is O=C(Cc1cccc2ccccc12)CC1COCCN1. The van der Waals surface area contributed by atoms with E-state index in [-0.39, 0.29) is 11.8 Å². The van der Waals surface area contributed by atoms with E-state index in [1.165, 1.54) is 10.8 Å². The van der Waals surface area contributed by atoms with Gasteiger partial charge in [0.2, 0.25) is 0 Å². The quantitative estimate of drug-likeness (QED) is 0.926. The van der Waals surface area contributed by atoms with E-state index in [0.29, 0.717) is 19.4 Å². The Kier molecular flexibility index (Phi) is 4.09. The fourth-order valence-electron chi connectivity index (χ4n) is 2.76. The molecule has 0 saturated carbocycles. The summed E-state index contributed by atoms with van der Waals surface area (Å²) in [5.41, 5.74) is 1.12. The molecule has 3 rings (SSSR count). The maximum Gasteiger partial charge on any atom is 0.138 e. The minimum absolute atomic E-state index is 0.172. The van der Waals surface area contributed by atoms with Crippen LogP contribution in [0.4, 0.5) is 0 Å².